The van der Waals surface area contributed by atoms with Gasteiger partial charge in [0.2, 0.25) is 5.91 Å². The fourth-order valence-corrected chi connectivity index (χ4v) is 0.542. The molecule has 0 aliphatic carbocycles. The van der Waals surface area contributed by atoms with Crippen LogP contribution in [0.3, 0.4) is 0 Å². The third kappa shape index (κ3) is 1.22. The molecule has 10 heavy (non-hydrogen) atoms. The van der Waals surface area contributed by atoms with Gasteiger partial charge < -0.3 is 5.73 Å². The monoisotopic (exact) mass is 142 g/mol. The van der Waals surface area contributed by atoms with E-state index in [-0.39, 0.29) is 12.1 Å². The minimum absolute atomic E-state index is 0.154. The molecule has 0 atom stereocenters. The number of primary amides is 1. The lowest BCUT2D eigenvalue weighted by Gasteiger charge is -1.92. The number of amides is 1. The highest BCUT2D eigenvalue weighted by Crippen LogP contribution is 1.69. The Morgan fingerprint density at radius 3 is 3.00 bits per heavy atom. The van der Waals surface area contributed by atoms with Gasteiger partial charge in [-0.2, -0.15) is 5.10 Å². The lowest BCUT2D eigenvalue weighted by atomic mass is 10.6. The molecule has 0 unspecified atom stereocenters. The van der Waals surface area contributed by atoms with Crippen molar-refractivity contribution in [3.63, 3.8) is 0 Å². The number of nitrogens with zero attached hydrogens (tertiary/aromatic N) is 2. The van der Waals surface area contributed by atoms with Gasteiger partial charge in [-0.05, 0) is 0 Å². The first kappa shape index (κ1) is 6.53. The van der Waals surface area contributed by atoms with Crippen molar-refractivity contribution in [2.75, 3.05) is 0 Å². The van der Waals surface area contributed by atoms with Crippen LogP contribution in [0.1, 0.15) is 0 Å². The smallest absolute Gasteiger partial charge is 0.286 e. The SMILES string of the molecule is NC(=O)Cn1[nH]ncc1=O. The summed E-state index contributed by atoms with van der Waals surface area (Å²) in [6, 6.07) is 0. The molecule has 0 aliphatic rings. The van der Waals surface area contributed by atoms with E-state index in [1.807, 2.05) is 0 Å². The molecule has 0 fully saturated rings. The number of hydrogen-bond acceptors (Lipinski definition) is 3. The van der Waals surface area contributed by atoms with Gasteiger partial charge in [-0.1, -0.05) is 0 Å². The molecule has 54 valence electrons. The fourth-order valence-electron chi connectivity index (χ4n) is 0.542. The second-order valence-electron chi connectivity index (χ2n) is 1.75. The average Bonchev–Trinajstić information content (AvgIpc) is 2.15. The van der Waals surface area contributed by atoms with E-state index in [9.17, 15) is 9.59 Å². The molecule has 1 aromatic rings. The highest BCUT2D eigenvalue weighted by molar-refractivity contribution is 5.73. The molecule has 6 nitrogen and oxygen atoms in total. The largest absolute Gasteiger partial charge is 0.368 e. The molecule has 6 heteroatoms. The second kappa shape index (κ2) is 2.34. The molecule has 0 spiro atoms. The Bertz CT molecular complexity index is 285. The first-order chi connectivity index (χ1) is 4.70. The maximum Gasteiger partial charge on any atom is 0.286 e. The Balaban J connectivity index is 2.85. The number of H-pyrrole nitrogens is 1. The van der Waals surface area contributed by atoms with Gasteiger partial charge in [0.25, 0.3) is 5.56 Å². The van der Waals surface area contributed by atoms with Crippen molar-refractivity contribution in [2.45, 2.75) is 6.54 Å². The fraction of sp³-hybridized carbons (Fsp3) is 0.250. The van der Waals surface area contributed by atoms with Crippen LogP contribution >= 0.6 is 0 Å². The van der Waals surface area contributed by atoms with E-state index in [0.29, 0.717) is 0 Å². The topological polar surface area (TPSA) is 93.8 Å². The zero-order chi connectivity index (χ0) is 7.56. The zero-order valence-corrected chi connectivity index (χ0v) is 5.07. The number of nitrogens with one attached hydrogen (secondary N) is 1. The Kier molecular flexibility index (Phi) is 1.53. The van der Waals surface area contributed by atoms with Gasteiger partial charge in [-0.3, -0.25) is 9.59 Å². The van der Waals surface area contributed by atoms with Gasteiger partial charge in [-0.25, -0.2) is 9.90 Å². The summed E-state index contributed by atoms with van der Waals surface area (Å²) in [4.78, 5) is 20.8. The van der Waals surface area contributed by atoms with Crippen LogP contribution in [-0.4, -0.2) is 20.9 Å². The number of aromatic nitrogens is 3. The number of aromatic amines is 1. The van der Waals surface area contributed by atoms with Gasteiger partial charge in [0, 0.05) is 0 Å². The lowest BCUT2D eigenvalue weighted by molar-refractivity contribution is -0.118. The van der Waals surface area contributed by atoms with Crippen LogP contribution in [0, 0.1) is 0 Å². The summed E-state index contributed by atoms with van der Waals surface area (Å²) in [6.45, 7) is -0.154. The maximum atomic E-state index is 10.6. The van der Waals surface area contributed by atoms with E-state index in [1.165, 1.54) is 0 Å². The Morgan fingerprint density at radius 2 is 2.60 bits per heavy atom. The van der Waals surface area contributed by atoms with Gasteiger partial charge in [-0.15, -0.1) is 0 Å². The molecule has 1 amide bonds. The van der Waals surface area contributed by atoms with Crippen LogP contribution in [0.4, 0.5) is 0 Å². The maximum absolute atomic E-state index is 10.6. The van der Waals surface area contributed by atoms with Crippen molar-refractivity contribution < 1.29 is 4.79 Å². The van der Waals surface area contributed by atoms with Crippen molar-refractivity contribution in [1.82, 2.24) is 15.0 Å². The summed E-state index contributed by atoms with van der Waals surface area (Å²) >= 11 is 0. The quantitative estimate of drug-likeness (QED) is 0.502. The predicted molar refractivity (Wildman–Crippen MR) is 32.0 cm³/mol. The molecule has 0 aliphatic heterocycles. The number of hydrogen-bond donors (Lipinski definition) is 2. The van der Waals surface area contributed by atoms with Gasteiger partial charge in [0.05, 0.1) is 0 Å². The molecule has 0 radical (unpaired) electrons. The molecule has 0 bridgehead atoms. The summed E-state index contributed by atoms with van der Waals surface area (Å²) in [7, 11) is 0. The van der Waals surface area contributed by atoms with E-state index >= 15 is 0 Å². The van der Waals surface area contributed by atoms with Crippen LogP contribution in [0.2, 0.25) is 0 Å². The molecule has 3 N–H and O–H groups in total. The van der Waals surface area contributed by atoms with Crippen molar-refractivity contribution >= 4 is 5.91 Å². The highest BCUT2D eigenvalue weighted by Gasteiger charge is 1.98. The Hall–Kier alpha value is -1.59. The molecule has 1 aromatic heterocycles. The van der Waals surface area contributed by atoms with E-state index in [0.717, 1.165) is 10.9 Å². The van der Waals surface area contributed by atoms with E-state index in [4.69, 9.17) is 5.73 Å². The molecule has 0 saturated carbocycles. The minimum Gasteiger partial charge on any atom is -0.368 e. The first-order valence-corrected chi connectivity index (χ1v) is 2.58. The molecule has 1 heterocycles. The van der Waals surface area contributed by atoms with Crippen molar-refractivity contribution in [2.24, 2.45) is 5.73 Å². The molecular formula is C4H6N4O2. The zero-order valence-electron chi connectivity index (χ0n) is 5.07. The molecular weight excluding hydrogens is 136 g/mol. The van der Waals surface area contributed by atoms with Crippen LogP contribution in [0.5, 0.6) is 0 Å². The molecule has 0 aromatic carbocycles. The second-order valence-corrected chi connectivity index (χ2v) is 1.75. The standard InChI is InChI=1S/C4H6N4O2/c5-3(9)2-8-4(10)1-6-7-8/h1,7H,2H2,(H2,5,9). The number of nitrogens with two attached hydrogens (primary N) is 1. The van der Waals surface area contributed by atoms with E-state index in [1.54, 1.807) is 0 Å². The summed E-state index contributed by atoms with van der Waals surface area (Å²) in [5.74, 6) is -0.577. The first-order valence-electron chi connectivity index (χ1n) is 2.58. The van der Waals surface area contributed by atoms with Crippen LogP contribution in [-0.2, 0) is 11.3 Å². The Morgan fingerprint density at radius 1 is 1.90 bits per heavy atom. The number of carbonyl (C=O) groups is 1. The number of carbonyl (C=O) groups excluding carboxylic acids is 1. The normalized spacial score (nSPS) is 9.60. The highest BCUT2D eigenvalue weighted by atomic mass is 16.2. The van der Waals surface area contributed by atoms with Crippen LogP contribution < -0.4 is 11.3 Å². The predicted octanol–water partition coefficient (Wildman–Crippen LogP) is -1.94. The van der Waals surface area contributed by atoms with E-state index in [2.05, 4.69) is 10.3 Å². The Labute approximate surface area is 55.6 Å². The van der Waals surface area contributed by atoms with Gasteiger partial charge >= 0.3 is 0 Å². The van der Waals surface area contributed by atoms with Gasteiger partial charge in [0.15, 0.2) is 0 Å². The summed E-state index contributed by atoms with van der Waals surface area (Å²) in [5.41, 5.74) is 4.44. The average molecular weight is 142 g/mol. The lowest BCUT2D eigenvalue weighted by Crippen LogP contribution is -2.26. The van der Waals surface area contributed by atoms with Crippen molar-refractivity contribution in [3.05, 3.63) is 16.6 Å². The van der Waals surface area contributed by atoms with E-state index < -0.39 is 5.91 Å². The van der Waals surface area contributed by atoms with Crippen molar-refractivity contribution in [1.29, 1.82) is 0 Å². The minimum atomic E-state index is -0.577. The van der Waals surface area contributed by atoms with Gasteiger partial charge in [0.1, 0.15) is 12.7 Å². The third-order valence-electron chi connectivity index (χ3n) is 0.933. The third-order valence-corrected chi connectivity index (χ3v) is 0.933. The van der Waals surface area contributed by atoms with Crippen molar-refractivity contribution in [3.8, 4) is 0 Å². The number of rotatable bonds is 2. The van der Waals surface area contributed by atoms with Crippen LogP contribution in [0.15, 0.2) is 11.0 Å². The van der Waals surface area contributed by atoms with Crippen LogP contribution in [0.25, 0.3) is 0 Å². The molecule has 1 rings (SSSR count). The molecule has 0 saturated heterocycles. The summed E-state index contributed by atoms with van der Waals surface area (Å²) in [6.07, 6.45) is 1.07. The summed E-state index contributed by atoms with van der Waals surface area (Å²) < 4.78 is 1.02. The summed E-state index contributed by atoms with van der Waals surface area (Å²) in [5, 5.41) is 5.68.